The Bertz CT molecular complexity index is 553. The molecule has 0 bridgehead atoms. The maximum atomic E-state index is 12.1. The van der Waals surface area contributed by atoms with Gasteiger partial charge in [-0.3, -0.25) is 19.1 Å². The van der Waals surface area contributed by atoms with Gasteiger partial charge in [0.05, 0.1) is 5.75 Å². The number of sulfonamides is 1. The molecule has 1 aliphatic rings. The van der Waals surface area contributed by atoms with E-state index in [9.17, 15) is 22.8 Å². The lowest BCUT2D eigenvalue weighted by atomic mass is 9.85. The number of rotatable bonds is 8. The molecule has 0 saturated heterocycles. The van der Waals surface area contributed by atoms with E-state index < -0.39 is 15.9 Å². The highest BCUT2D eigenvalue weighted by Crippen LogP contribution is 2.24. The Balaban J connectivity index is 2.25. The van der Waals surface area contributed by atoms with E-state index in [-0.39, 0.29) is 42.5 Å². The van der Waals surface area contributed by atoms with Crippen molar-refractivity contribution in [3.05, 3.63) is 0 Å². The molecule has 24 heavy (non-hydrogen) atoms. The molecule has 1 fully saturated rings. The van der Waals surface area contributed by atoms with Gasteiger partial charge in [0.1, 0.15) is 0 Å². The van der Waals surface area contributed by atoms with E-state index in [0.29, 0.717) is 19.3 Å². The van der Waals surface area contributed by atoms with Crippen LogP contribution >= 0.6 is 0 Å². The molecule has 0 atom stereocenters. The normalized spacial score (nSPS) is 20.9. The first-order valence-corrected chi connectivity index (χ1v) is 10.0. The highest BCUT2D eigenvalue weighted by Gasteiger charge is 2.26. The van der Waals surface area contributed by atoms with E-state index >= 15 is 0 Å². The number of carbonyl (C=O) groups is 3. The molecule has 0 spiro atoms. The summed E-state index contributed by atoms with van der Waals surface area (Å²) < 4.78 is 24.4. The van der Waals surface area contributed by atoms with Gasteiger partial charge >= 0.3 is 0 Å². The van der Waals surface area contributed by atoms with Crippen LogP contribution in [0.4, 0.5) is 0 Å². The van der Waals surface area contributed by atoms with Crippen LogP contribution in [0.2, 0.25) is 0 Å². The standard InChI is InChI=1S/C15H27N3O5S/c1-3-13(19)17-12-7-5-11(6-8-12)15(21)16-10-9-14(20)18-24(22,23)4-2/h11-12H,3-10H2,1-2H3,(H,16,21)(H,17,19)(H,18,20)/t11-,12+. The molecule has 3 N–H and O–H groups in total. The molecular weight excluding hydrogens is 334 g/mol. The maximum absolute atomic E-state index is 12.1. The number of hydrogen-bond acceptors (Lipinski definition) is 5. The van der Waals surface area contributed by atoms with Gasteiger partial charge in [0.2, 0.25) is 27.7 Å². The van der Waals surface area contributed by atoms with Crippen LogP contribution in [0.25, 0.3) is 0 Å². The summed E-state index contributed by atoms with van der Waals surface area (Å²) in [5.41, 5.74) is 0. The zero-order chi connectivity index (χ0) is 18.2. The fourth-order valence-corrected chi connectivity index (χ4v) is 3.16. The largest absolute Gasteiger partial charge is 0.355 e. The average Bonchev–Trinajstić information content (AvgIpc) is 2.54. The Morgan fingerprint density at radius 1 is 1.00 bits per heavy atom. The lowest BCUT2D eigenvalue weighted by Crippen LogP contribution is -2.41. The first-order chi connectivity index (χ1) is 11.3. The molecule has 0 aromatic rings. The van der Waals surface area contributed by atoms with Gasteiger partial charge in [0, 0.05) is 31.3 Å². The Morgan fingerprint density at radius 2 is 1.62 bits per heavy atom. The Labute approximate surface area is 143 Å². The minimum atomic E-state index is -3.55. The zero-order valence-corrected chi connectivity index (χ0v) is 15.1. The van der Waals surface area contributed by atoms with Gasteiger partial charge in [-0.25, -0.2) is 8.42 Å². The lowest BCUT2D eigenvalue weighted by Gasteiger charge is -2.28. The van der Waals surface area contributed by atoms with Crippen molar-refractivity contribution in [1.29, 1.82) is 0 Å². The van der Waals surface area contributed by atoms with Gasteiger partial charge in [-0.2, -0.15) is 0 Å². The van der Waals surface area contributed by atoms with Crippen molar-refractivity contribution in [2.45, 2.75) is 58.4 Å². The first-order valence-electron chi connectivity index (χ1n) is 8.37. The molecule has 1 rings (SSSR count). The van der Waals surface area contributed by atoms with Crippen molar-refractivity contribution in [3.63, 3.8) is 0 Å². The van der Waals surface area contributed by atoms with Crippen molar-refractivity contribution >= 4 is 27.7 Å². The summed E-state index contributed by atoms with van der Waals surface area (Å²) in [5, 5.41) is 5.60. The summed E-state index contributed by atoms with van der Waals surface area (Å²) in [4.78, 5) is 34.9. The van der Waals surface area contributed by atoms with E-state index in [1.54, 1.807) is 6.92 Å². The number of carbonyl (C=O) groups excluding carboxylic acids is 3. The third-order valence-electron chi connectivity index (χ3n) is 4.08. The summed E-state index contributed by atoms with van der Waals surface area (Å²) in [6, 6.07) is 0.131. The second-order valence-corrected chi connectivity index (χ2v) is 7.95. The molecule has 0 unspecified atom stereocenters. The Hall–Kier alpha value is -1.64. The molecule has 1 aliphatic carbocycles. The van der Waals surface area contributed by atoms with Crippen molar-refractivity contribution in [3.8, 4) is 0 Å². The van der Waals surface area contributed by atoms with E-state index in [4.69, 9.17) is 0 Å². The number of amides is 3. The average molecular weight is 361 g/mol. The van der Waals surface area contributed by atoms with Gasteiger partial charge in [-0.1, -0.05) is 6.92 Å². The van der Waals surface area contributed by atoms with Crippen molar-refractivity contribution < 1.29 is 22.8 Å². The molecule has 9 heteroatoms. The molecule has 0 radical (unpaired) electrons. The van der Waals surface area contributed by atoms with Crippen molar-refractivity contribution in [1.82, 2.24) is 15.4 Å². The van der Waals surface area contributed by atoms with Gasteiger partial charge < -0.3 is 10.6 Å². The number of nitrogens with one attached hydrogen (secondary N) is 3. The van der Waals surface area contributed by atoms with Gasteiger partial charge in [0.25, 0.3) is 0 Å². The highest BCUT2D eigenvalue weighted by molar-refractivity contribution is 7.90. The van der Waals surface area contributed by atoms with Crippen molar-refractivity contribution in [2.24, 2.45) is 5.92 Å². The quantitative estimate of drug-likeness (QED) is 0.564. The van der Waals surface area contributed by atoms with E-state index in [1.165, 1.54) is 6.92 Å². The predicted molar refractivity (Wildman–Crippen MR) is 89.4 cm³/mol. The van der Waals surface area contributed by atoms with Gasteiger partial charge in [-0.15, -0.1) is 0 Å². The number of hydrogen-bond donors (Lipinski definition) is 3. The molecule has 3 amide bonds. The van der Waals surface area contributed by atoms with Crippen molar-refractivity contribution in [2.75, 3.05) is 12.3 Å². The van der Waals surface area contributed by atoms with E-state index in [2.05, 4.69) is 10.6 Å². The fourth-order valence-electron chi connectivity index (χ4n) is 2.57. The van der Waals surface area contributed by atoms with Gasteiger partial charge in [-0.05, 0) is 32.6 Å². The second kappa shape index (κ2) is 9.61. The molecule has 0 aromatic carbocycles. The highest BCUT2D eigenvalue weighted by atomic mass is 32.2. The predicted octanol–water partition coefficient (Wildman–Crippen LogP) is 0.0436. The molecule has 0 aromatic heterocycles. The molecule has 0 heterocycles. The Kier molecular flexibility index (Phi) is 8.17. The fraction of sp³-hybridized carbons (Fsp3) is 0.800. The van der Waals surface area contributed by atoms with E-state index in [1.807, 2.05) is 4.72 Å². The van der Waals surface area contributed by atoms with Crippen LogP contribution in [-0.4, -0.2) is 44.5 Å². The molecule has 138 valence electrons. The molecule has 8 nitrogen and oxygen atoms in total. The van der Waals surface area contributed by atoms with Crippen LogP contribution in [-0.2, 0) is 24.4 Å². The summed E-state index contributed by atoms with van der Waals surface area (Å²) in [5.74, 6) is -1.01. The third-order valence-corrected chi connectivity index (χ3v) is 5.38. The van der Waals surface area contributed by atoms with Crippen LogP contribution < -0.4 is 15.4 Å². The zero-order valence-electron chi connectivity index (χ0n) is 14.3. The smallest absolute Gasteiger partial charge is 0.235 e. The second-order valence-electron chi connectivity index (χ2n) is 5.94. The lowest BCUT2D eigenvalue weighted by molar-refractivity contribution is -0.126. The topological polar surface area (TPSA) is 121 Å². The van der Waals surface area contributed by atoms with Crippen LogP contribution in [0, 0.1) is 5.92 Å². The Morgan fingerprint density at radius 3 is 2.17 bits per heavy atom. The first kappa shape index (κ1) is 20.4. The van der Waals surface area contributed by atoms with Crippen LogP contribution in [0.15, 0.2) is 0 Å². The summed E-state index contributed by atoms with van der Waals surface area (Å²) in [6.07, 6.45) is 3.29. The van der Waals surface area contributed by atoms with Crippen LogP contribution in [0.3, 0.4) is 0 Å². The molecule has 1 saturated carbocycles. The monoisotopic (exact) mass is 361 g/mol. The summed E-state index contributed by atoms with van der Waals surface area (Å²) in [7, 11) is -3.55. The van der Waals surface area contributed by atoms with Gasteiger partial charge in [0.15, 0.2) is 0 Å². The summed E-state index contributed by atoms with van der Waals surface area (Å²) in [6.45, 7) is 3.35. The van der Waals surface area contributed by atoms with Crippen LogP contribution in [0.5, 0.6) is 0 Å². The molecular formula is C15H27N3O5S. The maximum Gasteiger partial charge on any atom is 0.235 e. The minimum Gasteiger partial charge on any atom is -0.355 e. The minimum absolute atomic E-state index is 0.0240. The summed E-state index contributed by atoms with van der Waals surface area (Å²) >= 11 is 0. The van der Waals surface area contributed by atoms with Crippen LogP contribution in [0.1, 0.15) is 52.4 Å². The molecule has 0 aliphatic heterocycles. The van der Waals surface area contributed by atoms with E-state index in [0.717, 1.165) is 12.8 Å². The third kappa shape index (κ3) is 7.29. The SMILES string of the molecule is CCC(=O)N[C@H]1CC[C@@H](C(=O)NCCC(=O)NS(=O)(=O)CC)CC1.